The van der Waals surface area contributed by atoms with Crippen LogP contribution in [-0.2, 0) is 25.5 Å². The van der Waals surface area contributed by atoms with E-state index in [4.69, 9.17) is 15.2 Å². The average molecular weight is 568 g/mol. The Labute approximate surface area is 243 Å². The van der Waals surface area contributed by atoms with Crippen LogP contribution in [-0.4, -0.2) is 36.2 Å². The van der Waals surface area contributed by atoms with Crippen LogP contribution in [0.1, 0.15) is 47.7 Å². The molecule has 10 heteroatoms. The number of aryl methyl sites for hydroxylation is 1. The Bertz CT molecular complexity index is 1640. The number of aromatic nitrogens is 1. The van der Waals surface area contributed by atoms with Crippen LogP contribution >= 0.6 is 0 Å². The Hall–Kier alpha value is -5.12. The van der Waals surface area contributed by atoms with Gasteiger partial charge in [0.2, 0.25) is 5.91 Å². The molecule has 4 aromatic rings. The minimum Gasteiger partial charge on any atom is -0.466 e. The van der Waals surface area contributed by atoms with Gasteiger partial charge in [-0.1, -0.05) is 30.3 Å². The monoisotopic (exact) mass is 567 g/mol. The van der Waals surface area contributed by atoms with Gasteiger partial charge < -0.3 is 25.8 Å². The number of ether oxygens (including phenoxy) is 2. The van der Waals surface area contributed by atoms with Crippen LogP contribution in [0.15, 0.2) is 72.9 Å². The summed E-state index contributed by atoms with van der Waals surface area (Å²) in [6, 6.07) is 18.7. The molecule has 2 aliphatic rings. The second kappa shape index (κ2) is 12.6. The number of anilines is 3. The van der Waals surface area contributed by atoms with Crippen molar-refractivity contribution in [1.82, 2.24) is 10.3 Å². The molecule has 4 bridgehead atoms. The molecular formula is C32H33N5O5. The van der Waals surface area contributed by atoms with E-state index in [0.717, 1.165) is 27.5 Å². The van der Waals surface area contributed by atoms with Gasteiger partial charge in [0.15, 0.2) is 0 Å². The average Bonchev–Trinajstić information content (AvgIpc) is 2.96. The van der Waals surface area contributed by atoms with Crippen molar-refractivity contribution in [2.75, 3.05) is 29.6 Å². The zero-order valence-electron chi connectivity index (χ0n) is 23.5. The number of nitrogens with two attached hydrogens (primary N) is 1. The molecule has 0 fully saturated rings. The Morgan fingerprint density at radius 1 is 1.10 bits per heavy atom. The summed E-state index contributed by atoms with van der Waals surface area (Å²) in [5.74, 6) is -0.368. The Morgan fingerprint density at radius 3 is 2.76 bits per heavy atom. The number of benzene rings is 3. The fraction of sp³-hybridized carbons (Fsp3) is 0.250. The van der Waals surface area contributed by atoms with Crippen LogP contribution in [0.25, 0.3) is 10.8 Å². The Balaban J connectivity index is 1.55. The summed E-state index contributed by atoms with van der Waals surface area (Å²) < 4.78 is 10.6. The number of nitrogens with one attached hydrogen (secondary N) is 3. The topological polar surface area (TPSA) is 145 Å². The summed E-state index contributed by atoms with van der Waals surface area (Å²) in [6.45, 7) is 4.08. The molecule has 1 unspecified atom stereocenters. The summed E-state index contributed by atoms with van der Waals surface area (Å²) in [5, 5.41) is 10.9. The van der Waals surface area contributed by atoms with Crippen molar-refractivity contribution in [2.45, 2.75) is 38.8 Å². The first kappa shape index (κ1) is 28.4. The number of carbonyl (C=O) groups is 3. The highest BCUT2D eigenvalue weighted by atomic mass is 16.5. The number of hydrogen-bond donors (Lipinski definition) is 4. The summed E-state index contributed by atoms with van der Waals surface area (Å²) in [6.07, 6.45) is 1.48. The van der Waals surface area contributed by atoms with Crippen LogP contribution in [0.5, 0.6) is 0 Å². The van der Waals surface area contributed by atoms with Crippen LogP contribution in [0, 0.1) is 6.92 Å². The first-order chi connectivity index (χ1) is 20.3. The molecule has 216 valence electrons. The predicted octanol–water partition coefficient (Wildman–Crippen LogP) is 5.19. The Kier molecular flexibility index (Phi) is 8.52. The normalized spacial score (nSPS) is 17.2. The smallest absolute Gasteiger partial charge is 0.411 e. The van der Waals surface area contributed by atoms with Gasteiger partial charge in [-0.2, -0.15) is 0 Å². The highest BCUT2D eigenvalue weighted by Crippen LogP contribution is 2.29. The molecule has 0 radical (unpaired) electrons. The molecule has 3 aromatic carbocycles. The van der Waals surface area contributed by atoms with Crippen LogP contribution < -0.4 is 21.7 Å². The lowest BCUT2D eigenvalue weighted by atomic mass is 9.96. The molecule has 6 rings (SSSR count). The molecule has 5 N–H and O–H groups in total. The highest BCUT2D eigenvalue weighted by Gasteiger charge is 2.27. The molecule has 0 aliphatic carbocycles. The number of esters is 1. The number of pyridine rings is 1. The van der Waals surface area contributed by atoms with Crippen molar-refractivity contribution in [3.05, 3.63) is 95.2 Å². The Morgan fingerprint density at radius 2 is 1.95 bits per heavy atom. The third-order valence-electron chi connectivity index (χ3n) is 7.20. The largest absolute Gasteiger partial charge is 0.466 e. The van der Waals surface area contributed by atoms with Gasteiger partial charge in [-0.3, -0.25) is 14.9 Å². The molecule has 10 nitrogen and oxygen atoms in total. The van der Waals surface area contributed by atoms with E-state index in [2.05, 4.69) is 20.9 Å². The van der Waals surface area contributed by atoms with E-state index in [1.807, 2.05) is 49.4 Å². The number of carbonyl (C=O) groups excluding carboxylic acids is 3. The van der Waals surface area contributed by atoms with Gasteiger partial charge in [0.1, 0.15) is 11.9 Å². The first-order valence-corrected chi connectivity index (χ1v) is 13.8. The van der Waals surface area contributed by atoms with Crippen LogP contribution in [0.2, 0.25) is 0 Å². The number of nitrogens with zero attached hydrogens (tertiary/aromatic N) is 1. The molecule has 0 saturated heterocycles. The van der Waals surface area contributed by atoms with E-state index in [9.17, 15) is 14.4 Å². The number of fused-ring (bicyclic) bond motifs is 10. The number of nitrogen functional groups attached to an aromatic ring is 1. The van der Waals surface area contributed by atoms with Crippen molar-refractivity contribution in [1.29, 1.82) is 0 Å². The van der Waals surface area contributed by atoms with Gasteiger partial charge in [-0.15, -0.1) is 0 Å². The van der Waals surface area contributed by atoms with Gasteiger partial charge in [0, 0.05) is 29.4 Å². The highest BCUT2D eigenvalue weighted by molar-refractivity contribution is 5.94. The van der Waals surface area contributed by atoms with Crippen molar-refractivity contribution in [2.24, 2.45) is 0 Å². The molecule has 0 spiro atoms. The lowest BCUT2D eigenvalue weighted by Gasteiger charge is -2.25. The molecule has 1 aromatic heterocycles. The van der Waals surface area contributed by atoms with Crippen molar-refractivity contribution in [3.63, 3.8) is 0 Å². The second-order valence-corrected chi connectivity index (χ2v) is 10.1. The maximum Gasteiger partial charge on any atom is 0.411 e. The lowest BCUT2D eigenvalue weighted by Crippen LogP contribution is -2.37. The van der Waals surface area contributed by atoms with Crippen LogP contribution in [0.4, 0.5) is 22.0 Å². The third-order valence-corrected chi connectivity index (χ3v) is 7.20. The maximum absolute atomic E-state index is 14.1. The standard InChI is InChI=1S/C32H33N5O5/c1-3-41-28(38)18-27-22-5-4-6-24(17-22)36-32(40)42-14-12-20-7-8-23(15-19(20)2)29(31(39)37-27)35-25-9-10-26-21(16-25)11-13-34-30(26)33/h4-11,13,15-17,27,29,35H,3,12,14,18H2,1-2H3,(H2,33,34)(H,36,40)(H,37,39)/t27-,29?/m1/s1. The molecular weight excluding hydrogens is 534 g/mol. The summed E-state index contributed by atoms with van der Waals surface area (Å²) in [7, 11) is 0. The molecule has 0 saturated carbocycles. The number of amides is 2. The van der Waals surface area contributed by atoms with Crippen molar-refractivity contribution >= 4 is 45.9 Å². The molecule has 2 aliphatic heterocycles. The molecule has 3 heterocycles. The SMILES string of the molecule is CCOC(=O)C[C@H]1NC(=O)C(Nc2ccc3c(N)nccc3c2)c2ccc(c(C)c2)CCOC(=O)Nc2cccc1c2. The zero-order valence-corrected chi connectivity index (χ0v) is 23.5. The van der Waals surface area contributed by atoms with Gasteiger partial charge >= 0.3 is 12.1 Å². The van der Waals surface area contributed by atoms with E-state index >= 15 is 0 Å². The molecule has 2 amide bonds. The van der Waals surface area contributed by atoms with E-state index in [0.29, 0.717) is 29.2 Å². The maximum atomic E-state index is 14.1. The van der Waals surface area contributed by atoms with Gasteiger partial charge in [0.05, 0.1) is 25.7 Å². The third kappa shape index (κ3) is 6.60. The summed E-state index contributed by atoms with van der Waals surface area (Å²) in [4.78, 5) is 43.3. The zero-order chi connectivity index (χ0) is 29.6. The van der Waals surface area contributed by atoms with Gasteiger partial charge in [0.25, 0.3) is 0 Å². The quantitative estimate of drug-likeness (QED) is 0.241. The first-order valence-electron chi connectivity index (χ1n) is 13.8. The fourth-order valence-corrected chi connectivity index (χ4v) is 5.07. The molecule has 42 heavy (non-hydrogen) atoms. The van der Waals surface area contributed by atoms with Crippen LogP contribution in [0.3, 0.4) is 0 Å². The van der Waals surface area contributed by atoms with Crippen molar-refractivity contribution < 1.29 is 23.9 Å². The summed E-state index contributed by atoms with van der Waals surface area (Å²) >= 11 is 0. The van der Waals surface area contributed by atoms with E-state index in [1.165, 1.54) is 0 Å². The van der Waals surface area contributed by atoms with E-state index in [1.54, 1.807) is 37.4 Å². The fourth-order valence-electron chi connectivity index (χ4n) is 5.07. The number of hydrogen-bond acceptors (Lipinski definition) is 8. The second-order valence-electron chi connectivity index (χ2n) is 10.1. The summed E-state index contributed by atoms with van der Waals surface area (Å²) in [5.41, 5.74) is 10.5. The van der Waals surface area contributed by atoms with Crippen molar-refractivity contribution in [3.8, 4) is 0 Å². The van der Waals surface area contributed by atoms with Gasteiger partial charge in [-0.05, 0) is 77.9 Å². The lowest BCUT2D eigenvalue weighted by molar-refractivity contribution is -0.143. The predicted molar refractivity (Wildman–Crippen MR) is 161 cm³/mol. The van der Waals surface area contributed by atoms with E-state index < -0.39 is 24.1 Å². The molecule has 2 atom stereocenters. The minimum atomic E-state index is -0.800. The van der Waals surface area contributed by atoms with E-state index in [-0.39, 0.29) is 25.5 Å². The minimum absolute atomic E-state index is 0.0968. The number of rotatable bonds is 5. The van der Waals surface area contributed by atoms with Gasteiger partial charge in [-0.25, -0.2) is 9.78 Å².